The Morgan fingerprint density at radius 2 is 1.74 bits per heavy atom. The molecule has 31 heavy (non-hydrogen) atoms. The molecule has 0 spiro atoms. The maximum absolute atomic E-state index is 13.3. The number of hydrogen-bond donors (Lipinski definition) is 2. The van der Waals surface area contributed by atoms with Gasteiger partial charge in [0.25, 0.3) is 11.8 Å². The first-order valence-electron chi connectivity index (χ1n) is 9.71. The van der Waals surface area contributed by atoms with Crippen molar-refractivity contribution in [3.63, 3.8) is 0 Å². The number of nitrogens with zero attached hydrogens (tertiary/aromatic N) is 3. The number of thiophene rings is 1. The molecule has 3 aromatic rings. The molecule has 0 saturated carbocycles. The van der Waals surface area contributed by atoms with Gasteiger partial charge in [0, 0.05) is 37.3 Å². The maximum atomic E-state index is 13.3. The van der Waals surface area contributed by atoms with Crippen molar-refractivity contribution in [3.05, 3.63) is 47.2 Å². The normalized spacial score (nSPS) is 10.5. The topological polar surface area (TPSA) is 117 Å². The minimum Gasteiger partial charge on any atom is -0.418 e. The van der Waals surface area contributed by atoms with Gasteiger partial charge in [-0.05, 0) is 36.1 Å². The van der Waals surface area contributed by atoms with E-state index < -0.39 is 0 Å². The SMILES string of the molecule is CCCN(Cc1nnc(-c2cccs2)o1)C(=O)c1cc(NC(C)=O)cc(NC(C)=O)c1. The summed E-state index contributed by atoms with van der Waals surface area (Å²) in [6.45, 7) is 5.31. The van der Waals surface area contributed by atoms with E-state index in [4.69, 9.17) is 4.42 Å². The summed E-state index contributed by atoms with van der Waals surface area (Å²) in [5, 5.41) is 15.3. The summed E-state index contributed by atoms with van der Waals surface area (Å²) in [5.74, 6) is -0.108. The van der Waals surface area contributed by atoms with Crippen molar-refractivity contribution in [3.8, 4) is 10.8 Å². The quantitative estimate of drug-likeness (QED) is 0.549. The molecule has 0 fully saturated rings. The van der Waals surface area contributed by atoms with Crippen LogP contribution in [0.1, 0.15) is 43.4 Å². The predicted molar refractivity (Wildman–Crippen MR) is 118 cm³/mol. The minimum absolute atomic E-state index is 0.144. The van der Waals surface area contributed by atoms with E-state index in [0.717, 1.165) is 11.3 Å². The van der Waals surface area contributed by atoms with Crippen molar-refractivity contribution in [2.24, 2.45) is 0 Å². The van der Waals surface area contributed by atoms with Gasteiger partial charge in [0.1, 0.15) is 0 Å². The standard InChI is InChI=1S/C21H23N5O4S/c1-4-7-26(12-19-24-25-20(30-19)18-6-5-8-31-18)21(29)15-9-16(22-13(2)27)11-17(10-15)23-14(3)28/h5-6,8-11H,4,7,12H2,1-3H3,(H,22,27)(H,23,28). The third-order valence-corrected chi connectivity index (χ3v) is 4.98. The molecule has 3 rings (SSSR count). The second kappa shape index (κ2) is 9.98. The highest BCUT2D eigenvalue weighted by molar-refractivity contribution is 7.13. The molecule has 2 N–H and O–H groups in total. The van der Waals surface area contributed by atoms with Gasteiger partial charge >= 0.3 is 0 Å². The van der Waals surface area contributed by atoms with Crippen molar-refractivity contribution in [1.29, 1.82) is 0 Å². The number of rotatable bonds is 8. The van der Waals surface area contributed by atoms with E-state index in [1.54, 1.807) is 23.1 Å². The Hall–Kier alpha value is -3.53. The van der Waals surface area contributed by atoms with Gasteiger partial charge in [-0.1, -0.05) is 13.0 Å². The molecule has 0 radical (unpaired) electrons. The van der Waals surface area contributed by atoms with E-state index in [-0.39, 0.29) is 24.3 Å². The number of anilines is 2. The van der Waals surface area contributed by atoms with Gasteiger partial charge in [-0.3, -0.25) is 14.4 Å². The van der Waals surface area contributed by atoms with Gasteiger partial charge < -0.3 is 20.0 Å². The summed E-state index contributed by atoms with van der Waals surface area (Å²) in [7, 11) is 0. The fraction of sp³-hybridized carbons (Fsp3) is 0.286. The van der Waals surface area contributed by atoms with Crippen molar-refractivity contribution in [2.45, 2.75) is 33.7 Å². The third kappa shape index (κ3) is 5.98. The molecule has 9 nitrogen and oxygen atoms in total. The lowest BCUT2D eigenvalue weighted by Crippen LogP contribution is -2.31. The van der Waals surface area contributed by atoms with Crippen LogP contribution in [0.25, 0.3) is 10.8 Å². The molecule has 0 saturated heterocycles. The predicted octanol–water partition coefficient (Wildman–Crippen LogP) is 3.77. The number of carbonyl (C=O) groups is 3. The average Bonchev–Trinajstić information content (AvgIpc) is 3.37. The monoisotopic (exact) mass is 441 g/mol. The molecule has 2 aromatic heterocycles. The highest BCUT2D eigenvalue weighted by Gasteiger charge is 2.20. The first kappa shape index (κ1) is 22.2. The van der Waals surface area contributed by atoms with Gasteiger partial charge in [-0.15, -0.1) is 21.5 Å². The molecule has 2 heterocycles. The van der Waals surface area contributed by atoms with E-state index in [0.29, 0.717) is 35.3 Å². The number of hydrogen-bond acceptors (Lipinski definition) is 7. The van der Waals surface area contributed by atoms with Crippen LogP contribution in [0.5, 0.6) is 0 Å². The molecule has 0 aliphatic heterocycles. The van der Waals surface area contributed by atoms with Crippen LogP contribution in [0.4, 0.5) is 11.4 Å². The molecule has 0 bridgehead atoms. The van der Waals surface area contributed by atoms with Crippen molar-refractivity contribution < 1.29 is 18.8 Å². The van der Waals surface area contributed by atoms with Crippen LogP contribution < -0.4 is 10.6 Å². The Morgan fingerprint density at radius 1 is 1.06 bits per heavy atom. The van der Waals surface area contributed by atoms with Gasteiger partial charge in [0.05, 0.1) is 11.4 Å². The minimum atomic E-state index is -0.282. The molecule has 0 aliphatic rings. The van der Waals surface area contributed by atoms with E-state index in [2.05, 4.69) is 20.8 Å². The van der Waals surface area contributed by atoms with Gasteiger partial charge in [0.2, 0.25) is 17.7 Å². The average molecular weight is 442 g/mol. The van der Waals surface area contributed by atoms with Crippen LogP contribution in [0.2, 0.25) is 0 Å². The Balaban J connectivity index is 1.86. The second-order valence-electron chi connectivity index (χ2n) is 6.87. The third-order valence-electron chi connectivity index (χ3n) is 4.13. The van der Waals surface area contributed by atoms with Crippen LogP contribution in [0.3, 0.4) is 0 Å². The van der Waals surface area contributed by atoms with Crippen LogP contribution >= 0.6 is 11.3 Å². The van der Waals surface area contributed by atoms with Gasteiger partial charge in [0.15, 0.2) is 0 Å². The van der Waals surface area contributed by atoms with Crippen LogP contribution in [-0.4, -0.2) is 39.4 Å². The van der Waals surface area contributed by atoms with Gasteiger partial charge in [-0.25, -0.2) is 0 Å². The number of carbonyl (C=O) groups excluding carboxylic acids is 3. The molecule has 0 unspecified atom stereocenters. The van der Waals surface area contributed by atoms with Crippen LogP contribution in [0.15, 0.2) is 40.1 Å². The summed E-state index contributed by atoms with van der Waals surface area (Å²) in [6.07, 6.45) is 0.724. The maximum Gasteiger partial charge on any atom is 0.257 e. The largest absolute Gasteiger partial charge is 0.418 e. The summed E-state index contributed by atoms with van der Waals surface area (Å²) in [4.78, 5) is 38.7. The summed E-state index contributed by atoms with van der Waals surface area (Å²) < 4.78 is 5.72. The molecule has 162 valence electrons. The highest BCUT2D eigenvalue weighted by Crippen LogP contribution is 2.24. The molecule has 0 aliphatic carbocycles. The highest BCUT2D eigenvalue weighted by atomic mass is 32.1. The molecular formula is C21H23N5O4S. The fourth-order valence-corrected chi connectivity index (χ4v) is 3.63. The number of nitrogens with one attached hydrogen (secondary N) is 2. The Bertz CT molecular complexity index is 1040. The number of amides is 3. The van der Waals surface area contributed by atoms with Crippen molar-refractivity contribution in [2.75, 3.05) is 17.2 Å². The van der Waals surface area contributed by atoms with E-state index in [1.165, 1.54) is 25.2 Å². The molecule has 0 atom stereocenters. The zero-order valence-corrected chi connectivity index (χ0v) is 18.3. The molecule has 3 amide bonds. The van der Waals surface area contributed by atoms with E-state index in [1.807, 2.05) is 24.4 Å². The molecule has 10 heteroatoms. The lowest BCUT2D eigenvalue weighted by Gasteiger charge is -2.21. The Labute approximate surface area is 183 Å². The smallest absolute Gasteiger partial charge is 0.257 e. The van der Waals surface area contributed by atoms with Crippen molar-refractivity contribution >= 4 is 40.4 Å². The second-order valence-corrected chi connectivity index (χ2v) is 7.81. The first-order valence-corrected chi connectivity index (χ1v) is 10.6. The fourth-order valence-electron chi connectivity index (χ4n) is 2.99. The lowest BCUT2D eigenvalue weighted by atomic mass is 10.1. The molecular weight excluding hydrogens is 418 g/mol. The van der Waals surface area contributed by atoms with Gasteiger partial charge in [-0.2, -0.15) is 0 Å². The van der Waals surface area contributed by atoms with E-state index in [9.17, 15) is 14.4 Å². The number of aromatic nitrogens is 2. The first-order chi connectivity index (χ1) is 14.9. The lowest BCUT2D eigenvalue weighted by molar-refractivity contribution is -0.115. The Morgan fingerprint density at radius 3 is 2.29 bits per heavy atom. The van der Waals surface area contributed by atoms with Crippen LogP contribution in [-0.2, 0) is 16.1 Å². The van der Waals surface area contributed by atoms with Crippen molar-refractivity contribution in [1.82, 2.24) is 15.1 Å². The molecule has 1 aromatic carbocycles. The Kier molecular flexibility index (Phi) is 7.14. The van der Waals surface area contributed by atoms with E-state index >= 15 is 0 Å². The zero-order chi connectivity index (χ0) is 22.4. The summed E-state index contributed by atoms with van der Waals surface area (Å²) in [6, 6.07) is 8.51. The number of benzene rings is 1. The van der Waals surface area contributed by atoms with Crippen LogP contribution in [0, 0.1) is 0 Å². The zero-order valence-electron chi connectivity index (χ0n) is 17.5. The summed E-state index contributed by atoms with van der Waals surface area (Å²) in [5.41, 5.74) is 1.15. The summed E-state index contributed by atoms with van der Waals surface area (Å²) >= 11 is 1.49.